The number of benzene rings is 1. The lowest BCUT2D eigenvalue weighted by Crippen LogP contribution is -2.24. The first-order valence-electron chi connectivity index (χ1n) is 8.00. The molecule has 0 heterocycles. The van der Waals surface area contributed by atoms with Crippen molar-refractivity contribution in [1.29, 1.82) is 0 Å². The first kappa shape index (κ1) is 17.9. The van der Waals surface area contributed by atoms with Gasteiger partial charge in [0.2, 0.25) is 0 Å². The van der Waals surface area contributed by atoms with Crippen molar-refractivity contribution in [3.05, 3.63) is 41.5 Å². The average molecular weight is 290 g/mol. The maximum Gasteiger partial charge on any atom is 0.157 e. The van der Waals surface area contributed by atoms with Gasteiger partial charge in [0, 0.05) is 5.92 Å². The SMILES string of the molecule is CC(C)OC(O)[C@@H](C)CC/C=C/c1cccc(C(C)C)c1. The second kappa shape index (κ2) is 9.01. The fourth-order valence-electron chi connectivity index (χ4n) is 2.16. The van der Waals surface area contributed by atoms with Crippen molar-refractivity contribution in [2.75, 3.05) is 0 Å². The zero-order chi connectivity index (χ0) is 15.8. The molecule has 2 nitrogen and oxygen atoms in total. The summed E-state index contributed by atoms with van der Waals surface area (Å²) in [5, 5.41) is 9.86. The van der Waals surface area contributed by atoms with E-state index < -0.39 is 6.29 Å². The van der Waals surface area contributed by atoms with Gasteiger partial charge in [-0.2, -0.15) is 0 Å². The summed E-state index contributed by atoms with van der Waals surface area (Å²) in [4.78, 5) is 0. The molecule has 0 bridgehead atoms. The van der Waals surface area contributed by atoms with E-state index in [9.17, 15) is 5.11 Å². The number of hydrogen-bond acceptors (Lipinski definition) is 2. The lowest BCUT2D eigenvalue weighted by Gasteiger charge is -2.20. The van der Waals surface area contributed by atoms with E-state index in [0.717, 1.165) is 12.8 Å². The molecule has 0 radical (unpaired) electrons. The van der Waals surface area contributed by atoms with Gasteiger partial charge in [0.1, 0.15) is 0 Å². The fourth-order valence-corrected chi connectivity index (χ4v) is 2.16. The van der Waals surface area contributed by atoms with Gasteiger partial charge in [-0.1, -0.05) is 57.2 Å². The van der Waals surface area contributed by atoms with Crippen molar-refractivity contribution in [2.24, 2.45) is 5.92 Å². The molecule has 2 atom stereocenters. The maximum absolute atomic E-state index is 9.86. The molecular weight excluding hydrogens is 260 g/mol. The van der Waals surface area contributed by atoms with Crippen LogP contribution in [0.5, 0.6) is 0 Å². The van der Waals surface area contributed by atoms with E-state index in [1.165, 1.54) is 11.1 Å². The molecular formula is C19H30O2. The van der Waals surface area contributed by atoms with Crippen LogP contribution in [0.3, 0.4) is 0 Å². The van der Waals surface area contributed by atoms with Crippen molar-refractivity contribution in [3.8, 4) is 0 Å². The predicted molar refractivity (Wildman–Crippen MR) is 90.2 cm³/mol. The van der Waals surface area contributed by atoms with E-state index in [2.05, 4.69) is 50.3 Å². The molecule has 0 saturated carbocycles. The highest BCUT2D eigenvalue weighted by molar-refractivity contribution is 5.50. The Morgan fingerprint density at radius 2 is 1.86 bits per heavy atom. The van der Waals surface area contributed by atoms with Crippen molar-refractivity contribution < 1.29 is 9.84 Å². The molecule has 0 aliphatic rings. The van der Waals surface area contributed by atoms with E-state index in [-0.39, 0.29) is 12.0 Å². The third kappa shape index (κ3) is 6.92. The van der Waals surface area contributed by atoms with E-state index in [1.807, 2.05) is 20.8 Å². The molecule has 118 valence electrons. The number of ether oxygens (including phenoxy) is 1. The van der Waals surface area contributed by atoms with Gasteiger partial charge in [-0.15, -0.1) is 0 Å². The van der Waals surface area contributed by atoms with E-state index in [0.29, 0.717) is 5.92 Å². The van der Waals surface area contributed by atoms with Gasteiger partial charge in [-0.3, -0.25) is 0 Å². The highest BCUT2D eigenvalue weighted by Gasteiger charge is 2.14. The Balaban J connectivity index is 2.43. The van der Waals surface area contributed by atoms with Gasteiger partial charge >= 0.3 is 0 Å². The lowest BCUT2D eigenvalue weighted by molar-refractivity contribution is -0.154. The van der Waals surface area contributed by atoms with Crippen molar-refractivity contribution in [3.63, 3.8) is 0 Å². The molecule has 1 aromatic carbocycles. The number of hydrogen-bond donors (Lipinski definition) is 1. The molecule has 2 heteroatoms. The average Bonchev–Trinajstić information content (AvgIpc) is 2.42. The number of aliphatic hydroxyl groups excluding tert-OH is 1. The zero-order valence-corrected chi connectivity index (χ0v) is 14.0. The topological polar surface area (TPSA) is 29.5 Å². The summed E-state index contributed by atoms with van der Waals surface area (Å²) >= 11 is 0. The summed E-state index contributed by atoms with van der Waals surface area (Å²) in [7, 11) is 0. The summed E-state index contributed by atoms with van der Waals surface area (Å²) in [6.45, 7) is 10.3. The van der Waals surface area contributed by atoms with Crippen LogP contribution in [-0.2, 0) is 4.74 Å². The largest absolute Gasteiger partial charge is 0.368 e. The van der Waals surface area contributed by atoms with Crippen LogP contribution in [0, 0.1) is 5.92 Å². The quantitative estimate of drug-likeness (QED) is 0.684. The van der Waals surface area contributed by atoms with Crippen LogP contribution < -0.4 is 0 Å². The Kier molecular flexibility index (Phi) is 7.69. The number of aliphatic hydroxyl groups is 1. The van der Waals surface area contributed by atoms with E-state index in [1.54, 1.807) is 0 Å². The van der Waals surface area contributed by atoms with Crippen LogP contribution in [0.1, 0.15) is 64.5 Å². The molecule has 0 amide bonds. The van der Waals surface area contributed by atoms with Gasteiger partial charge in [0.25, 0.3) is 0 Å². The van der Waals surface area contributed by atoms with Crippen LogP contribution in [0.25, 0.3) is 6.08 Å². The molecule has 0 spiro atoms. The van der Waals surface area contributed by atoms with Gasteiger partial charge in [0.15, 0.2) is 6.29 Å². The molecule has 0 aromatic heterocycles. The minimum Gasteiger partial charge on any atom is -0.368 e. The third-order valence-corrected chi connectivity index (χ3v) is 3.57. The van der Waals surface area contributed by atoms with Crippen LogP contribution in [0.15, 0.2) is 30.3 Å². The minimum absolute atomic E-state index is 0.0664. The van der Waals surface area contributed by atoms with Crippen molar-refractivity contribution in [2.45, 2.75) is 65.8 Å². The van der Waals surface area contributed by atoms with Crippen LogP contribution in [0.4, 0.5) is 0 Å². The molecule has 1 N–H and O–H groups in total. The number of rotatable bonds is 8. The van der Waals surface area contributed by atoms with Gasteiger partial charge in [0.05, 0.1) is 6.10 Å². The Morgan fingerprint density at radius 3 is 2.48 bits per heavy atom. The molecule has 0 fully saturated rings. The standard InChI is InChI=1S/C19H30O2/c1-14(2)18-12-8-11-17(13-18)10-7-6-9-16(5)19(20)21-15(3)4/h7-8,10-16,19-20H,6,9H2,1-5H3/b10-7+/t16-,19?/m0/s1. The van der Waals surface area contributed by atoms with Crippen LogP contribution in [-0.4, -0.2) is 17.5 Å². The summed E-state index contributed by atoms with van der Waals surface area (Å²) < 4.78 is 5.40. The Bertz CT molecular complexity index is 435. The maximum atomic E-state index is 9.86. The fraction of sp³-hybridized carbons (Fsp3) is 0.579. The monoisotopic (exact) mass is 290 g/mol. The van der Waals surface area contributed by atoms with Crippen molar-refractivity contribution in [1.82, 2.24) is 0 Å². The summed E-state index contributed by atoms with van der Waals surface area (Å²) in [6, 6.07) is 8.64. The lowest BCUT2D eigenvalue weighted by atomic mass is 10.00. The molecule has 1 rings (SSSR count). The Hall–Kier alpha value is -1.12. The highest BCUT2D eigenvalue weighted by Crippen LogP contribution is 2.18. The highest BCUT2D eigenvalue weighted by atomic mass is 16.6. The molecule has 1 unspecified atom stereocenters. The molecule has 21 heavy (non-hydrogen) atoms. The first-order valence-corrected chi connectivity index (χ1v) is 8.00. The van der Waals surface area contributed by atoms with Gasteiger partial charge < -0.3 is 9.84 Å². The van der Waals surface area contributed by atoms with E-state index in [4.69, 9.17) is 4.74 Å². The first-order chi connectivity index (χ1) is 9.90. The van der Waals surface area contributed by atoms with E-state index >= 15 is 0 Å². The summed E-state index contributed by atoms with van der Waals surface area (Å²) in [5.41, 5.74) is 2.61. The molecule has 0 saturated heterocycles. The van der Waals surface area contributed by atoms with Crippen LogP contribution in [0.2, 0.25) is 0 Å². The second-order valence-corrected chi connectivity index (χ2v) is 6.36. The normalized spacial score (nSPS) is 15.0. The molecule has 1 aromatic rings. The van der Waals surface area contributed by atoms with Crippen molar-refractivity contribution >= 4 is 6.08 Å². The van der Waals surface area contributed by atoms with Gasteiger partial charge in [-0.05, 0) is 43.7 Å². The molecule has 0 aliphatic heterocycles. The third-order valence-electron chi connectivity index (χ3n) is 3.57. The van der Waals surface area contributed by atoms with Crippen LogP contribution >= 0.6 is 0 Å². The smallest absolute Gasteiger partial charge is 0.157 e. The molecule has 0 aliphatic carbocycles. The summed E-state index contributed by atoms with van der Waals surface area (Å²) in [6.07, 6.45) is 5.62. The zero-order valence-electron chi connectivity index (χ0n) is 14.0. The Labute approximate surface area is 129 Å². The second-order valence-electron chi connectivity index (χ2n) is 6.36. The van der Waals surface area contributed by atoms with Gasteiger partial charge in [-0.25, -0.2) is 0 Å². The predicted octanol–water partition coefficient (Wildman–Crippen LogP) is 4.98. The minimum atomic E-state index is -0.664. The number of allylic oxidation sites excluding steroid dienone is 1. The Morgan fingerprint density at radius 1 is 1.14 bits per heavy atom. The summed E-state index contributed by atoms with van der Waals surface area (Å²) in [5.74, 6) is 0.709.